The molecular formula is C14H17N3O2S. The molecule has 2 aromatic rings. The van der Waals surface area contributed by atoms with E-state index >= 15 is 0 Å². The summed E-state index contributed by atoms with van der Waals surface area (Å²) < 4.78 is 0. The van der Waals surface area contributed by atoms with Crippen molar-refractivity contribution in [3.63, 3.8) is 0 Å². The van der Waals surface area contributed by atoms with E-state index in [2.05, 4.69) is 15.3 Å². The molecule has 1 aliphatic heterocycles. The van der Waals surface area contributed by atoms with E-state index in [0.29, 0.717) is 24.5 Å². The molecule has 1 saturated heterocycles. The molecule has 1 aromatic carbocycles. The molecule has 0 aliphatic carbocycles. The lowest BCUT2D eigenvalue weighted by Crippen LogP contribution is -2.46. The molecule has 0 radical (unpaired) electrons. The van der Waals surface area contributed by atoms with E-state index in [-0.39, 0.29) is 5.91 Å². The molecule has 1 atom stereocenters. The van der Waals surface area contributed by atoms with Gasteiger partial charge in [0, 0.05) is 5.75 Å². The number of carbonyl (C=O) groups is 1. The van der Waals surface area contributed by atoms with Gasteiger partial charge in [0.15, 0.2) is 5.60 Å². The van der Waals surface area contributed by atoms with Gasteiger partial charge < -0.3 is 15.4 Å². The largest absolute Gasteiger partial charge is 0.379 e. The van der Waals surface area contributed by atoms with Crippen molar-refractivity contribution in [1.82, 2.24) is 15.3 Å². The lowest BCUT2D eigenvalue weighted by Gasteiger charge is -2.19. The maximum atomic E-state index is 12.0. The predicted octanol–water partition coefficient (Wildman–Crippen LogP) is 1.36. The van der Waals surface area contributed by atoms with Crippen molar-refractivity contribution >= 4 is 28.7 Å². The Morgan fingerprint density at radius 1 is 1.60 bits per heavy atom. The van der Waals surface area contributed by atoms with Crippen LogP contribution in [0.1, 0.15) is 17.8 Å². The normalized spacial score (nSPS) is 22.3. The highest BCUT2D eigenvalue weighted by Gasteiger charge is 2.39. The number of rotatable bonds is 3. The third kappa shape index (κ3) is 2.41. The molecule has 3 N–H and O–H groups in total. The highest BCUT2D eigenvalue weighted by molar-refractivity contribution is 7.99. The number of fused-ring (bicyclic) bond motifs is 1. The van der Waals surface area contributed by atoms with Crippen LogP contribution in [0.3, 0.4) is 0 Å². The molecule has 1 fully saturated rings. The molecule has 5 nitrogen and oxygen atoms in total. The Hall–Kier alpha value is -1.53. The van der Waals surface area contributed by atoms with Gasteiger partial charge in [0.1, 0.15) is 5.82 Å². The number of nitrogens with one attached hydrogen (secondary N) is 2. The average molecular weight is 291 g/mol. The second kappa shape index (κ2) is 5.10. The van der Waals surface area contributed by atoms with Crippen LogP contribution in [0.4, 0.5) is 0 Å². The first-order chi connectivity index (χ1) is 9.58. The van der Waals surface area contributed by atoms with Crippen molar-refractivity contribution in [3.05, 3.63) is 29.6 Å². The number of aryl methyl sites for hydroxylation is 1. The first kappa shape index (κ1) is 13.5. The van der Waals surface area contributed by atoms with Gasteiger partial charge in [-0.1, -0.05) is 12.1 Å². The Balaban J connectivity index is 1.71. The van der Waals surface area contributed by atoms with Crippen LogP contribution in [0.25, 0.3) is 11.0 Å². The molecule has 0 bridgehead atoms. The number of carbonyl (C=O) groups excluding carboxylic acids is 1. The number of aromatic amines is 1. The van der Waals surface area contributed by atoms with Gasteiger partial charge in [-0.2, -0.15) is 11.8 Å². The number of imidazole rings is 1. The van der Waals surface area contributed by atoms with Crippen LogP contribution in [-0.4, -0.2) is 38.1 Å². The third-order valence-electron chi connectivity index (χ3n) is 3.60. The molecule has 0 spiro atoms. The molecule has 6 heteroatoms. The number of thioether (sulfide) groups is 1. The fourth-order valence-electron chi connectivity index (χ4n) is 2.37. The topological polar surface area (TPSA) is 78.0 Å². The molecule has 1 unspecified atom stereocenters. The standard InChI is InChI=1S/C14H17N3O2S/c1-9-3-2-4-10-12(9)17-11(16-10)7-15-13(18)14(19)5-6-20-8-14/h2-4,19H,5-8H2,1H3,(H,15,18)(H,16,17). The van der Waals surface area contributed by atoms with Crippen molar-refractivity contribution in [2.45, 2.75) is 25.5 Å². The summed E-state index contributed by atoms with van der Waals surface area (Å²) in [5, 5.41) is 12.9. The number of nitrogens with zero attached hydrogens (tertiary/aromatic N) is 1. The SMILES string of the molecule is Cc1cccc2[nH]c(CNC(=O)C3(O)CCSC3)nc12. The summed E-state index contributed by atoms with van der Waals surface area (Å²) in [7, 11) is 0. The van der Waals surface area contributed by atoms with Crippen LogP contribution in [-0.2, 0) is 11.3 Å². The number of benzene rings is 1. The first-order valence-corrected chi connectivity index (χ1v) is 7.77. The van der Waals surface area contributed by atoms with Gasteiger partial charge in [-0.25, -0.2) is 4.98 Å². The van der Waals surface area contributed by atoms with Crippen LogP contribution in [0.5, 0.6) is 0 Å². The number of para-hydroxylation sites is 1. The average Bonchev–Trinajstić information content (AvgIpc) is 3.04. The second-order valence-electron chi connectivity index (χ2n) is 5.17. The van der Waals surface area contributed by atoms with Crippen molar-refractivity contribution in [2.24, 2.45) is 0 Å². The van der Waals surface area contributed by atoms with E-state index in [1.54, 1.807) is 11.8 Å². The lowest BCUT2D eigenvalue weighted by molar-refractivity contribution is -0.137. The number of hydrogen-bond acceptors (Lipinski definition) is 4. The fourth-order valence-corrected chi connectivity index (χ4v) is 3.61. The summed E-state index contributed by atoms with van der Waals surface area (Å²) in [4.78, 5) is 19.7. The number of amides is 1. The molecule has 3 rings (SSSR count). The summed E-state index contributed by atoms with van der Waals surface area (Å²) in [6.45, 7) is 2.31. The van der Waals surface area contributed by atoms with Gasteiger partial charge in [-0.3, -0.25) is 4.79 Å². The Labute approximate surface area is 121 Å². The van der Waals surface area contributed by atoms with Gasteiger partial charge in [0.2, 0.25) is 0 Å². The van der Waals surface area contributed by atoms with Crippen LogP contribution in [0.15, 0.2) is 18.2 Å². The number of aromatic nitrogens is 2. The minimum atomic E-state index is -1.22. The smallest absolute Gasteiger partial charge is 0.253 e. The zero-order valence-electron chi connectivity index (χ0n) is 11.3. The van der Waals surface area contributed by atoms with Gasteiger partial charge in [0.25, 0.3) is 5.91 Å². The van der Waals surface area contributed by atoms with Gasteiger partial charge in [-0.05, 0) is 30.7 Å². The minimum Gasteiger partial charge on any atom is -0.379 e. The van der Waals surface area contributed by atoms with Gasteiger partial charge in [-0.15, -0.1) is 0 Å². The Morgan fingerprint density at radius 2 is 2.45 bits per heavy atom. The molecule has 106 valence electrons. The quantitative estimate of drug-likeness (QED) is 0.798. The third-order valence-corrected chi connectivity index (χ3v) is 4.78. The monoisotopic (exact) mass is 291 g/mol. The summed E-state index contributed by atoms with van der Waals surface area (Å²) in [5.74, 6) is 1.70. The number of aliphatic hydroxyl groups is 1. The Morgan fingerprint density at radius 3 is 3.15 bits per heavy atom. The van der Waals surface area contributed by atoms with Gasteiger partial charge in [0.05, 0.1) is 17.6 Å². The zero-order valence-corrected chi connectivity index (χ0v) is 12.1. The Bertz CT molecular complexity index is 647. The Kier molecular flexibility index (Phi) is 3.43. The van der Waals surface area contributed by atoms with Crippen LogP contribution in [0.2, 0.25) is 0 Å². The molecule has 2 heterocycles. The summed E-state index contributed by atoms with van der Waals surface area (Å²) in [5.41, 5.74) is 1.77. The van der Waals surface area contributed by atoms with E-state index < -0.39 is 5.60 Å². The van der Waals surface area contributed by atoms with Crippen LogP contribution >= 0.6 is 11.8 Å². The molecular weight excluding hydrogens is 274 g/mol. The maximum Gasteiger partial charge on any atom is 0.253 e. The fraction of sp³-hybridized carbons (Fsp3) is 0.429. The minimum absolute atomic E-state index is 0.305. The van der Waals surface area contributed by atoms with Crippen molar-refractivity contribution < 1.29 is 9.90 Å². The molecule has 1 aromatic heterocycles. The molecule has 20 heavy (non-hydrogen) atoms. The van der Waals surface area contributed by atoms with E-state index in [9.17, 15) is 9.90 Å². The van der Waals surface area contributed by atoms with Crippen LogP contribution < -0.4 is 5.32 Å². The lowest BCUT2D eigenvalue weighted by atomic mass is 10.0. The van der Waals surface area contributed by atoms with Gasteiger partial charge >= 0.3 is 0 Å². The number of hydrogen-bond donors (Lipinski definition) is 3. The van der Waals surface area contributed by atoms with E-state index in [1.807, 2.05) is 25.1 Å². The zero-order chi connectivity index (χ0) is 14.2. The summed E-state index contributed by atoms with van der Waals surface area (Å²) >= 11 is 1.60. The maximum absolute atomic E-state index is 12.0. The van der Waals surface area contributed by atoms with Crippen molar-refractivity contribution in [2.75, 3.05) is 11.5 Å². The van der Waals surface area contributed by atoms with E-state index in [4.69, 9.17) is 0 Å². The van der Waals surface area contributed by atoms with Crippen molar-refractivity contribution in [3.8, 4) is 0 Å². The summed E-state index contributed by atoms with van der Waals surface area (Å²) in [6, 6.07) is 5.93. The first-order valence-electron chi connectivity index (χ1n) is 6.61. The molecule has 0 saturated carbocycles. The molecule has 1 aliphatic rings. The molecule has 1 amide bonds. The van der Waals surface area contributed by atoms with Crippen molar-refractivity contribution in [1.29, 1.82) is 0 Å². The summed E-state index contributed by atoms with van der Waals surface area (Å²) in [6.07, 6.45) is 0.517. The highest BCUT2D eigenvalue weighted by Crippen LogP contribution is 2.27. The highest BCUT2D eigenvalue weighted by atomic mass is 32.2. The predicted molar refractivity (Wildman–Crippen MR) is 79.6 cm³/mol. The van der Waals surface area contributed by atoms with E-state index in [0.717, 1.165) is 22.3 Å². The second-order valence-corrected chi connectivity index (χ2v) is 6.28. The van der Waals surface area contributed by atoms with E-state index in [1.165, 1.54) is 0 Å². The number of H-pyrrole nitrogens is 1. The van der Waals surface area contributed by atoms with Crippen LogP contribution in [0, 0.1) is 6.92 Å².